The molecule has 1 saturated heterocycles. The monoisotopic (exact) mass is 376 g/mol. The number of nitrogens with zero attached hydrogens (tertiary/aromatic N) is 1. The van der Waals surface area contributed by atoms with E-state index in [-0.39, 0.29) is 25.1 Å². The molecule has 1 aliphatic rings. The van der Waals surface area contributed by atoms with Crippen molar-refractivity contribution in [3.63, 3.8) is 0 Å². The third-order valence-electron chi connectivity index (χ3n) is 3.98. The number of halogens is 2. The van der Waals surface area contributed by atoms with Crippen molar-refractivity contribution in [3.05, 3.63) is 29.6 Å². The Morgan fingerprint density at radius 1 is 1.40 bits per heavy atom. The molecule has 1 fully saturated rings. The molecule has 0 aliphatic carbocycles. The van der Waals surface area contributed by atoms with Gasteiger partial charge in [-0.25, -0.2) is 9.18 Å². The van der Waals surface area contributed by atoms with Gasteiger partial charge in [0.1, 0.15) is 24.8 Å². The molecule has 0 unspecified atom stereocenters. The van der Waals surface area contributed by atoms with Crippen LogP contribution in [0.25, 0.3) is 0 Å². The van der Waals surface area contributed by atoms with Gasteiger partial charge in [0.2, 0.25) is 0 Å². The van der Waals surface area contributed by atoms with Crippen molar-refractivity contribution in [2.45, 2.75) is 26.0 Å². The number of carbonyl (C=O) groups excluding carboxylic acids is 1. The molecule has 0 aromatic heterocycles. The van der Waals surface area contributed by atoms with Gasteiger partial charge in [-0.05, 0) is 24.6 Å². The van der Waals surface area contributed by atoms with Crippen molar-refractivity contribution in [1.82, 2.24) is 10.2 Å². The Morgan fingerprint density at radius 3 is 2.92 bits per heavy atom. The Hall–Kier alpha value is -1.57. The molecule has 2 rings (SSSR count). The summed E-state index contributed by atoms with van der Waals surface area (Å²) in [7, 11) is 1.58. The molecule has 1 aliphatic heterocycles. The van der Waals surface area contributed by atoms with E-state index < -0.39 is 11.9 Å². The molecule has 1 atom stereocenters. The van der Waals surface area contributed by atoms with Crippen LogP contribution in [0.15, 0.2) is 18.2 Å². The Labute approximate surface area is 154 Å². The Bertz CT molecular complexity index is 547. The van der Waals surface area contributed by atoms with Gasteiger partial charge in [-0.1, -0.05) is 6.92 Å². The highest BCUT2D eigenvalue weighted by atomic mass is 35.5. The molecule has 1 N–H and O–H groups in total. The Kier molecular flexibility index (Phi) is 9.55. The summed E-state index contributed by atoms with van der Waals surface area (Å²) in [5, 5.41) is 3.25. The predicted molar refractivity (Wildman–Crippen MR) is 94.9 cm³/mol. The summed E-state index contributed by atoms with van der Waals surface area (Å²) in [6.07, 6.45) is 0.438. The molecule has 0 saturated carbocycles. The first-order valence-corrected chi connectivity index (χ1v) is 8.20. The lowest BCUT2D eigenvalue weighted by atomic mass is 10.1. The van der Waals surface area contributed by atoms with E-state index in [0.29, 0.717) is 31.1 Å². The van der Waals surface area contributed by atoms with E-state index in [4.69, 9.17) is 14.2 Å². The van der Waals surface area contributed by atoms with Gasteiger partial charge in [0, 0.05) is 38.3 Å². The third-order valence-corrected chi connectivity index (χ3v) is 3.98. The van der Waals surface area contributed by atoms with Crippen molar-refractivity contribution in [3.8, 4) is 5.75 Å². The second-order valence-electron chi connectivity index (χ2n) is 5.61. The average Bonchev–Trinajstić information content (AvgIpc) is 2.61. The van der Waals surface area contributed by atoms with Crippen LogP contribution in [0.2, 0.25) is 0 Å². The van der Waals surface area contributed by atoms with Crippen LogP contribution in [-0.4, -0.2) is 57.0 Å². The number of hydrogen-bond donors (Lipinski definition) is 1. The van der Waals surface area contributed by atoms with Crippen molar-refractivity contribution in [2.24, 2.45) is 0 Å². The minimum absolute atomic E-state index is 0. The number of methoxy groups -OCH3 is 1. The summed E-state index contributed by atoms with van der Waals surface area (Å²) in [6, 6.07) is 4.51. The van der Waals surface area contributed by atoms with Crippen molar-refractivity contribution in [2.75, 3.05) is 40.0 Å². The normalized spacial score (nSPS) is 16.9. The molecule has 1 aromatic carbocycles. The number of benzene rings is 1. The van der Waals surface area contributed by atoms with Crippen molar-refractivity contribution >= 4 is 18.5 Å². The SMILES string of the molecule is CC[C@@H]1CNCCN1C(=O)OCc1cc(OCCOC)ccc1F.Cl. The third kappa shape index (κ3) is 6.34. The quantitative estimate of drug-likeness (QED) is 0.741. The van der Waals surface area contributed by atoms with E-state index in [1.165, 1.54) is 6.07 Å². The fourth-order valence-corrected chi connectivity index (χ4v) is 2.58. The number of nitrogens with one attached hydrogen (secondary N) is 1. The Balaban J connectivity index is 0.00000312. The molecular formula is C17H26ClFN2O4. The van der Waals surface area contributed by atoms with Crippen LogP contribution in [0.1, 0.15) is 18.9 Å². The summed E-state index contributed by atoms with van der Waals surface area (Å²) in [6.45, 7) is 4.82. The van der Waals surface area contributed by atoms with Crippen LogP contribution in [0, 0.1) is 5.82 Å². The zero-order valence-electron chi connectivity index (χ0n) is 14.6. The highest BCUT2D eigenvalue weighted by Crippen LogP contribution is 2.19. The lowest BCUT2D eigenvalue weighted by molar-refractivity contribution is 0.0705. The molecule has 0 bridgehead atoms. The Morgan fingerprint density at radius 2 is 2.20 bits per heavy atom. The fourth-order valence-electron chi connectivity index (χ4n) is 2.58. The first kappa shape index (κ1) is 21.5. The van der Waals surface area contributed by atoms with E-state index in [1.54, 1.807) is 24.1 Å². The van der Waals surface area contributed by atoms with Crippen LogP contribution in [0.5, 0.6) is 5.75 Å². The summed E-state index contributed by atoms with van der Waals surface area (Å²) in [5.41, 5.74) is 0.293. The number of rotatable bonds is 7. The lowest BCUT2D eigenvalue weighted by Crippen LogP contribution is -2.53. The highest BCUT2D eigenvalue weighted by molar-refractivity contribution is 5.85. The number of ether oxygens (including phenoxy) is 3. The van der Waals surface area contributed by atoms with Crippen molar-refractivity contribution in [1.29, 1.82) is 0 Å². The summed E-state index contributed by atoms with van der Waals surface area (Å²) < 4.78 is 29.6. The van der Waals surface area contributed by atoms with Gasteiger partial charge in [-0.3, -0.25) is 0 Å². The van der Waals surface area contributed by atoms with E-state index in [9.17, 15) is 9.18 Å². The summed E-state index contributed by atoms with van der Waals surface area (Å²) >= 11 is 0. The van der Waals surface area contributed by atoms with Crippen molar-refractivity contribution < 1.29 is 23.4 Å². The highest BCUT2D eigenvalue weighted by Gasteiger charge is 2.26. The van der Waals surface area contributed by atoms with Gasteiger partial charge >= 0.3 is 6.09 Å². The first-order chi connectivity index (χ1) is 11.7. The number of carbonyl (C=O) groups is 1. The maximum atomic E-state index is 13.9. The lowest BCUT2D eigenvalue weighted by Gasteiger charge is -2.34. The minimum Gasteiger partial charge on any atom is -0.491 e. The van der Waals surface area contributed by atoms with Gasteiger partial charge < -0.3 is 24.4 Å². The maximum absolute atomic E-state index is 13.9. The van der Waals surface area contributed by atoms with E-state index in [2.05, 4.69) is 5.32 Å². The van der Waals surface area contributed by atoms with Crippen LogP contribution in [0.4, 0.5) is 9.18 Å². The standard InChI is InChI=1S/C17H25FN2O4.ClH/c1-3-14-11-19-6-7-20(14)17(21)24-12-13-10-15(4-5-16(13)18)23-9-8-22-2;/h4-5,10,14,19H,3,6-9,11-12H2,1-2H3;1H/t14-;/m1./s1. The van der Waals surface area contributed by atoms with Gasteiger partial charge in [0.05, 0.1) is 6.61 Å². The summed E-state index contributed by atoms with van der Waals surface area (Å²) in [5.74, 6) is 0.0994. The smallest absolute Gasteiger partial charge is 0.410 e. The maximum Gasteiger partial charge on any atom is 0.410 e. The largest absolute Gasteiger partial charge is 0.491 e. The zero-order chi connectivity index (χ0) is 17.4. The molecule has 1 heterocycles. The van der Waals surface area contributed by atoms with E-state index in [1.807, 2.05) is 6.92 Å². The topological polar surface area (TPSA) is 60.0 Å². The van der Waals surface area contributed by atoms with E-state index in [0.717, 1.165) is 19.5 Å². The number of hydrogen-bond acceptors (Lipinski definition) is 5. The minimum atomic E-state index is -0.422. The van der Waals surface area contributed by atoms with Crippen LogP contribution >= 0.6 is 12.4 Å². The fraction of sp³-hybridized carbons (Fsp3) is 0.588. The number of piperazine rings is 1. The molecule has 1 aromatic rings. The summed E-state index contributed by atoms with van der Waals surface area (Å²) in [4.78, 5) is 14.0. The van der Waals surface area contributed by atoms with Gasteiger partial charge in [0.25, 0.3) is 0 Å². The molecule has 6 nitrogen and oxygen atoms in total. The van der Waals surface area contributed by atoms with Crippen LogP contribution in [-0.2, 0) is 16.1 Å². The zero-order valence-corrected chi connectivity index (χ0v) is 15.4. The van der Waals surface area contributed by atoms with Gasteiger partial charge in [-0.15, -0.1) is 12.4 Å². The average molecular weight is 377 g/mol. The molecule has 1 amide bonds. The second-order valence-corrected chi connectivity index (χ2v) is 5.61. The van der Waals surface area contributed by atoms with Crippen LogP contribution in [0.3, 0.4) is 0 Å². The predicted octanol–water partition coefficient (Wildman–Crippen LogP) is 2.59. The van der Waals surface area contributed by atoms with Gasteiger partial charge in [0.15, 0.2) is 0 Å². The molecule has 25 heavy (non-hydrogen) atoms. The van der Waals surface area contributed by atoms with Crippen LogP contribution < -0.4 is 10.1 Å². The van der Waals surface area contributed by atoms with E-state index >= 15 is 0 Å². The molecule has 0 radical (unpaired) electrons. The molecular weight excluding hydrogens is 351 g/mol. The number of amides is 1. The molecule has 8 heteroatoms. The molecule has 142 valence electrons. The first-order valence-electron chi connectivity index (χ1n) is 8.20. The second kappa shape index (κ2) is 11.1. The molecule has 0 spiro atoms. The van der Waals surface area contributed by atoms with Gasteiger partial charge in [-0.2, -0.15) is 0 Å².